The van der Waals surface area contributed by atoms with Gasteiger partial charge in [-0.2, -0.15) is 0 Å². The Bertz CT molecular complexity index is 1260. The van der Waals surface area contributed by atoms with Crippen LogP contribution in [0, 0.1) is 0 Å². The summed E-state index contributed by atoms with van der Waals surface area (Å²) in [6.45, 7) is 1.54. The smallest absolute Gasteiger partial charge is 0.254 e. The van der Waals surface area contributed by atoms with Crippen LogP contribution in [0.3, 0.4) is 0 Å². The summed E-state index contributed by atoms with van der Waals surface area (Å²) in [4.78, 5) is 19.4. The molecule has 0 saturated heterocycles. The SMILES string of the molecule is O=C(c1cccc(OCc2cn3ccccc3n2)c1)N1CC=C(c2ccc(O)cc2)CC1. The van der Waals surface area contributed by atoms with Crippen LogP contribution in [-0.4, -0.2) is 38.4 Å². The molecular weight excluding hydrogens is 402 g/mol. The van der Waals surface area contributed by atoms with Crippen LogP contribution in [0.15, 0.2) is 85.2 Å². The Balaban J connectivity index is 1.24. The quantitative estimate of drug-likeness (QED) is 0.510. The number of carbonyl (C=O) groups is 1. The molecule has 160 valence electrons. The van der Waals surface area contributed by atoms with Gasteiger partial charge in [0.25, 0.3) is 5.91 Å². The Labute approximate surface area is 186 Å². The molecule has 32 heavy (non-hydrogen) atoms. The molecule has 0 saturated carbocycles. The van der Waals surface area contributed by atoms with Gasteiger partial charge in [0.05, 0.1) is 5.69 Å². The fraction of sp³-hybridized carbons (Fsp3) is 0.154. The number of rotatable bonds is 5. The molecule has 3 heterocycles. The summed E-state index contributed by atoms with van der Waals surface area (Å²) < 4.78 is 7.86. The third kappa shape index (κ3) is 4.21. The number of imidazole rings is 1. The normalized spacial score (nSPS) is 13.8. The predicted octanol–water partition coefficient (Wildman–Crippen LogP) is 4.55. The molecule has 0 aliphatic carbocycles. The van der Waals surface area contributed by atoms with Crippen LogP contribution in [0.2, 0.25) is 0 Å². The zero-order valence-electron chi connectivity index (χ0n) is 17.5. The molecule has 1 aliphatic rings. The summed E-state index contributed by atoms with van der Waals surface area (Å²) in [6, 6.07) is 20.3. The lowest BCUT2D eigenvalue weighted by atomic mass is 9.99. The van der Waals surface area contributed by atoms with Crippen molar-refractivity contribution >= 4 is 17.1 Å². The van der Waals surface area contributed by atoms with Gasteiger partial charge in [-0.1, -0.05) is 30.3 Å². The van der Waals surface area contributed by atoms with Gasteiger partial charge >= 0.3 is 0 Å². The van der Waals surface area contributed by atoms with Gasteiger partial charge in [0.2, 0.25) is 0 Å². The molecule has 0 atom stereocenters. The fourth-order valence-corrected chi connectivity index (χ4v) is 3.91. The van der Waals surface area contributed by atoms with Gasteiger partial charge in [0.15, 0.2) is 0 Å². The summed E-state index contributed by atoms with van der Waals surface area (Å²) in [5.41, 5.74) is 4.59. The number of carbonyl (C=O) groups excluding carboxylic acids is 1. The van der Waals surface area contributed by atoms with Gasteiger partial charge in [-0.15, -0.1) is 0 Å². The number of phenols is 1. The van der Waals surface area contributed by atoms with Crippen molar-refractivity contribution in [1.29, 1.82) is 0 Å². The highest BCUT2D eigenvalue weighted by molar-refractivity contribution is 5.95. The second-order valence-electron chi connectivity index (χ2n) is 7.79. The van der Waals surface area contributed by atoms with Gasteiger partial charge in [0, 0.05) is 31.0 Å². The Kier molecular flexibility index (Phi) is 5.34. The zero-order valence-corrected chi connectivity index (χ0v) is 17.5. The van der Waals surface area contributed by atoms with Crippen LogP contribution in [0.25, 0.3) is 11.2 Å². The minimum atomic E-state index is -0.0100. The minimum Gasteiger partial charge on any atom is -0.508 e. The van der Waals surface area contributed by atoms with Crippen molar-refractivity contribution in [3.8, 4) is 11.5 Å². The summed E-state index contributed by atoms with van der Waals surface area (Å²) in [5.74, 6) is 0.889. The lowest BCUT2D eigenvalue weighted by Gasteiger charge is -2.27. The lowest BCUT2D eigenvalue weighted by molar-refractivity contribution is 0.0772. The topological polar surface area (TPSA) is 67.1 Å². The largest absolute Gasteiger partial charge is 0.508 e. The highest BCUT2D eigenvalue weighted by Crippen LogP contribution is 2.25. The van der Waals surface area contributed by atoms with Gasteiger partial charge in [-0.3, -0.25) is 4.79 Å². The second kappa shape index (κ2) is 8.59. The molecule has 1 N–H and O–H groups in total. The number of fused-ring (bicyclic) bond motifs is 1. The highest BCUT2D eigenvalue weighted by atomic mass is 16.5. The number of nitrogens with zero attached hydrogens (tertiary/aromatic N) is 3. The fourth-order valence-electron chi connectivity index (χ4n) is 3.91. The number of hydrogen-bond acceptors (Lipinski definition) is 4. The average molecular weight is 425 g/mol. The van der Waals surface area contributed by atoms with Crippen molar-refractivity contribution in [2.24, 2.45) is 0 Å². The monoisotopic (exact) mass is 425 g/mol. The van der Waals surface area contributed by atoms with E-state index >= 15 is 0 Å². The number of benzene rings is 2. The molecule has 0 bridgehead atoms. The van der Waals surface area contributed by atoms with E-state index in [-0.39, 0.29) is 11.7 Å². The van der Waals surface area contributed by atoms with Crippen LogP contribution in [0.4, 0.5) is 0 Å². The maximum Gasteiger partial charge on any atom is 0.254 e. The summed E-state index contributed by atoms with van der Waals surface area (Å²) in [7, 11) is 0. The summed E-state index contributed by atoms with van der Waals surface area (Å²) >= 11 is 0. The first-order valence-corrected chi connectivity index (χ1v) is 10.6. The average Bonchev–Trinajstić information content (AvgIpc) is 3.26. The first-order valence-electron chi connectivity index (χ1n) is 10.6. The van der Waals surface area contributed by atoms with Gasteiger partial charge < -0.3 is 19.1 Å². The maximum absolute atomic E-state index is 13.0. The maximum atomic E-state index is 13.0. The predicted molar refractivity (Wildman–Crippen MR) is 123 cm³/mol. The number of ether oxygens (including phenoxy) is 1. The molecule has 1 aliphatic heterocycles. The van der Waals surface area contributed by atoms with Crippen LogP contribution in [0.5, 0.6) is 11.5 Å². The van der Waals surface area contributed by atoms with Crippen LogP contribution in [-0.2, 0) is 6.61 Å². The summed E-state index contributed by atoms with van der Waals surface area (Å²) in [5, 5.41) is 9.47. The molecule has 0 radical (unpaired) electrons. The molecule has 1 amide bonds. The summed E-state index contributed by atoms with van der Waals surface area (Å²) in [6.07, 6.45) is 6.75. The Morgan fingerprint density at radius 3 is 2.72 bits per heavy atom. The second-order valence-corrected chi connectivity index (χ2v) is 7.79. The van der Waals surface area contributed by atoms with Crippen molar-refractivity contribution in [2.45, 2.75) is 13.0 Å². The molecule has 0 spiro atoms. The van der Waals surface area contributed by atoms with Crippen LogP contribution >= 0.6 is 0 Å². The van der Waals surface area contributed by atoms with Gasteiger partial charge in [0.1, 0.15) is 23.8 Å². The van der Waals surface area contributed by atoms with E-state index in [4.69, 9.17) is 4.74 Å². The number of aromatic nitrogens is 2. The van der Waals surface area contributed by atoms with E-state index < -0.39 is 0 Å². The van der Waals surface area contributed by atoms with E-state index in [0.29, 0.717) is 31.0 Å². The van der Waals surface area contributed by atoms with Crippen LogP contribution < -0.4 is 4.74 Å². The Morgan fingerprint density at radius 1 is 1.06 bits per heavy atom. The molecular formula is C26H23N3O3. The molecule has 4 aromatic rings. The lowest BCUT2D eigenvalue weighted by Crippen LogP contribution is -2.34. The van der Waals surface area contributed by atoms with Crippen molar-refractivity contribution < 1.29 is 14.6 Å². The van der Waals surface area contributed by atoms with Crippen molar-refractivity contribution in [1.82, 2.24) is 14.3 Å². The molecule has 6 nitrogen and oxygen atoms in total. The minimum absolute atomic E-state index is 0.0100. The highest BCUT2D eigenvalue weighted by Gasteiger charge is 2.20. The molecule has 6 heteroatoms. The third-order valence-corrected chi connectivity index (χ3v) is 5.62. The number of phenolic OH excluding ortho intramolecular Hbond substituents is 1. The zero-order chi connectivity index (χ0) is 21.9. The number of aromatic hydroxyl groups is 1. The number of amides is 1. The van der Waals surface area contributed by atoms with E-state index in [0.717, 1.165) is 23.3 Å². The first-order chi connectivity index (χ1) is 15.7. The van der Waals surface area contributed by atoms with E-state index in [9.17, 15) is 9.90 Å². The van der Waals surface area contributed by atoms with E-state index in [1.165, 1.54) is 5.57 Å². The van der Waals surface area contributed by atoms with E-state index in [1.807, 2.05) is 70.2 Å². The third-order valence-electron chi connectivity index (χ3n) is 5.62. The van der Waals surface area contributed by atoms with Crippen LogP contribution in [0.1, 0.15) is 28.0 Å². The van der Waals surface area contributed by atoms with E-state index in [2.05, 4.69) is 11.1 Å². The first kappa shape index (κ1) is 19.9. The Hall–Kier alpha value is -4.06. The van der Waals surface area contributed by atoms with E-state index in [1.54, 1.807) is 18.2 Å². The van der Waals surface area contributed by atoms with Gasteiger partial charge in [-0.05, 0) is 60.0 Å². The molecule has 5 rings (SSSR count). The molecule has 0 fully saturated rings. The van der Waals surface area contributed by atoms with Crippen molar-refractivity contribution in [3.63, 3.8) is 0 Å². The standard InChI is InChI=1S/C26H23N3O3/c30-23-9-7-19(8-10-23)20-11-14-28(15-12-20)26(31)21-4-3-5-24(16-21)32-18-22-17-29-13-2-1-6-25(29)27-22/h1-11,13,16-17,30H,12,14-15,18H2. The number of hydrogen-bond donors (Lipinski definition) is 1. The molecule has 2 aromatic heterocycles. The van der Waals surface area contributed by atoms with Crippen molar-refractivity contribution in [3.05, 3.63) is 102 Å². The van der Waals surface area contributed by atoms with Gasteiger partial charge in [-0.25, -0.2) is 4.98 Å². The van der Waals surface area contributed by atoms with Crippen molar-refractivity contribution in [2.75, 3.05) is 13.1 Å². The number of pyridine rings is 1. The molecule has 2 aromatic carbocycles. The Morgan fingerprint density at radius 2 is 1.94 bits per heavy atom. The molecule has 0 unspecified atom stereocenters.